The Morgan fingerprint density at radius 1 is 1.50 bits per heavy atom. The van der Waals surface area contributed by atoms with E-state index in [-0.39, 0.29) is 5.91 Å². The third kappa shape index (κ3) is 2.58. The van der Waals surface area contributed by atoms with Crippen LogP contribution >= 0.6 is 0 Å². The fraction of sp³-hybridized carbons (Fsp3) is 0.222. The highest BCUT2D eigenvalue weighted by molar-refractivity contribution is 6.58. The smallest absolute Gasteiger partial charge is 0.423 e. The van der Waals surface area contributed by atoms with Gasteiger partial charge in [0, 0.05) is 12.1 Å². The van der Waals surface area contributed by atoms with Crippen molar-refractivity contribution in [3.63, 3.8) is 0 Å². The second-order valence-electron chi connectivity index (χ2n) is 2.86. The van der Waals surface area contributed by atoms with Crippen molar-refractivity contribution in [2.75, 3.05) is 6.54 Å². The van der Waals surface area contributed by atoms with Crippen LogP contribution in [0.1, 0.15) is 17.3 Å². The van der Waals surface area contributed by atoms with Crippen molar-refractivity contribution in [1.29, 1.82) is 0 Å². The predicted molar refractivity (Wildman–Crippen MR) is 54.3 cm³/mol. The van der Waals surface area contributed by atoms with Gasteiger partial charge in [0.2, 0.25) is 0 Å². The first kappa shape index (κ1) is 10.8. The maximum absolute atomic E-state index is 11.3. The van der Waals surface area contributed by atoms with E-state index in [1.165, 1.54) is 6.07 Å². The average molecular weight is 193 g/mol. The first-order valence-electron chi connectivity index (χ1n) is 4.39. The minimum atomic E-state index is -1.54. The molecule has 5 heteroatoms. The van der Waals surface area contributed by atoms with E-state index in [0.29, 0.717) is 17.6 Å². The van der Waals surface area contributed by atoms with Gasteiger partial charge in [-0.3, -0.25) is 4.79 Å². The van der Waals surface area contributed by atoms with Gasteiger partial charge in [-0.15, -0.1) is 0 Å². The lowest BCUT2D eigenvalue weighted by atomic mass is 9.79. The third-order valence-electron chi connectivity index (χ3n) is 1.78. The molecule has 0 unspecified atom stereocenters. The van der Waals surface area contributed by atoms with Gasteiger partial charge in [-0.2, -0.15) is 0 Å². The first-order chi connectivity index (χ1) is 6.65. The highest BCUT2D eigenvalue weighted by atomic mass is 16.4. The molecule has 0 saturated heterocycles. The molecule has 1 rings (SSSR count). The Hall–Kier alpha value is -1.33. The Labute approximate surface area is 82.7 Å². The molecule has 0 aliphatic carbocycles. The summed E-state index contributed by atoms with van der Waals surface area (Å²) in [5.74, 6) is -0.213. The van der Waals surface area contributed by atoms with Gasteiger partial charge >= 0.3 is 7.12 Å². The quantitative estimate of drug-likeness (QED) is 0.545. The van der Waals surface area contributed by atoms with Crippen LogP contribution in [-0.2, 0) is 0 Å². The second-order valence-corrected chi connectivity index (χ2v) is 2.86. The van der Waals surface area contributed by atoms with Crippen molar-refractivity contribution in [3.8, 4) is 0 Å². The summed E-state index contributed by atoms with van der Waals surface area (Å²) in [6.45, 7) is 2.37. The molecule has 0 saturated carbocycles. The number of amides is 1. The minimum absolute atomic E-state index is 0.213. The second kappa shape index (κ2) is 4.78. The van der Waals surface area contributed by atoms with E-state index in [1.54, 1.807) is 18.2 Å². The lowest BCUT2D eigenvalue weighted by Gasteiger charge is -2.04. The van der Waals surface area contributed by atoms with Gasteiger partial charge in [0.25, 0.3) is 5.91 Å². The monoisotopic (exact) mass is 193 g/mol. The summed E-state index contributed by atoms with van der Waals surface area (Å²) >= 11 is 0. The zero-order valence-electron chi connectivity index (χ0n) is 7.90. The molecule has 0 atom stereocenters. The summed E-state index contributed by atoms with van der Waals surface area (Å²) in [7, 11) is -1.54. The van der Waals surface area contributed by atoms with Gasteiger partial charge in [0.1, 0.15) is 0 Å². The molecule has 0 spiro atoms. The zero-order valence-corrected chi connectivity index (χ0v) is 7.90. The highest BCUT2D eigenvalue weighted by Gasteiger charge is 2.12. The molecule has 0 aliphatic rings. The van der Waals surface area contributed by atoms with Crippen LogP contribution in [0.5, 0.6) is 0 Å². The molecule has 0 aliphatic heterocycles. The number of carbonyl (C=O) groups is 1. The molecule has 0 radical (unpaired) electrons. The van der Waals surface area contributed by atoms with Crippen LogP contribution in [0.4, 0.5) is 0 Å². The molecule has 0 heterocycles. The molecular weight excluding hydrogens is 181 g/mol. The molecular formula is C9H12BNO3. The van der Waals surface area contributed by atoms with Gasteiger partial charge in [-0.1, -0.05) is 12.1 Å². The molecule has 0 bridgehead atoms. The van der Waals surface area contributed by atoms with E-state index < -0.39 is 7.12 Å². The van der Waals surface area contributed by atoms with E-state index in [2.05, 4.69) is 5.32 Å². The van der Waals surface area contributed by atoms with Crippen LogP contribution in [0.25, 0.3) is 0 Å². The van der Waals surface area contributed by atoms with Gasteiger partial charge in [0.15, 0.2) is 0 Å². The van der Waals surface area contributed by atoms with Crippen LogP contribution in [0.2, 0.25) is 0 Å². The van der Waals surface area contributed by atoms with E-state index in [4.69, 9.17) is 10.0 Å². The first-order valence-corrected chi connectivity index (χ1v) is 4.39. The molecule has 14 heavy (non-hydrogen) atoms. The minimum Gasteiger partial charge on any atom is -0.423 e. The van der Waals surface area contributed by atoms with Crippen molar-refractivity contribution < 1.29 is 14.8 Å². The molecule has 1 amide bonds. The standard InChI is InChI=1S/C9H12BNO3/c1-2-11-9(12)7-4-3-5-8(6-7)10(13)14/h3-6,13-14H,2H2,1H3,(H,11,12). The van der Waals surface area contributed by atoms with E-state index in [0.717, 1.165) is 0 Å². The summed E-state index contributed by atoms with van der Waals surface area (Å²) in [6, 6.07) is 6.24. The Morgan fingerprint density at radius 2 is 2.21 bits per heavy atom. The van der Waals surface area contributed by atoms with Crippen molar-refractivity contribution in [2.45, 2.75) is 6.92 Å². The lowest BCUT2D eigenvalue weighted by Crippen LogP contribution is -2.31. The SMILES string of the molecule is CCNC(=O)c1cccc(B(O)O)c1. The van der Waals surface area contributed by atoms with Gasteiger partial charge in [-0.05, 0) is 24.5 Å². The number of carbonyl (C=O) groups excluding carboxylic acids is 1. The molecule has 4 nitrogen and oxygen atoms in total. The van der Waals surface area contributed by atoms with Gasteiger partial charge in [0.05, 0.1) is 0 Å². The van der Waals surface area contributed by atoms with Gasteiger partial charge in [-0.25, -0.2) is 0 Å². The number of rotatable bonds is 3. The third-order valence-corrected chi connectivity index (χ3v) is 1.78. The fourth-order valence-corrected chi connectivity index (χ4v) is 1.10. The summed E-state index contributed by atoms with van der Waals surface area (Å²) in [4.78, 5) is 11.3. The Bertz CT molecular complexity index is 328. The van der Waals surface area contributed by atoms with Crippen molar-refractivity contribution >= 4 is 18.5 Å². The lowest BCUT2D eigenvalue weighted by molar-refractivity contribution is 0.0956. The van der Waals surface area contributed by atoms with E-state index >= 15 is 0 Å². The van der Waals surface area contributed by atoms with Gasteiger partial charge < -0.3 is 15.4 Å². The van der Waals surface area contributed by atoms with Crippen LogP contribution in [0.15, 0.2) is 24.3 Å². The molecule has 1 aromatic carbocycles. The largest absolute Gasteiger partial charge is 0.488 e. The average Bonchev–Trinajstić information content (AvgIpc) is 2.18. The summed E-state index contributed by atoms with van der Waals surface area (Å²) in [5, 5.41) is 20.4. The Balaban J connectivity index is 2.88. The van der Waals surface area contributed by atoms with Crippen molar-refractivity contribution in [1.82, 2.24) is 5.32 Å². The highest BCUT2D eigenvalue weighted by Crippen LogP contribution is 1.96. The topological polar surface area (TPSA) is 69.6 Å². The number of nitrogens with one attached hydrogen (secondary N) is 1. The maximum Gasteiger partial charge on any atom is 0.488 e. The fourth-order valence-electron chi connectivity index (χ4n) is 1.10. The normalized spacial score (nSPS) is 9.64. The summed E-state index contributed by atoms with van der Waals surface area (Å²) in [6.07, 6.45) is 0. The van der Waals surface area contributed by atoms with Crippen LogP contribution in [-0.4, -0.2) is 29.6 Å². The summed E-state index contributed by atoms with van der Waals surface area (Å²) in [5.41, 5.74) is 0.742. The zero-order chi connectivity index (χ0) is 10.6. The molecule has 0 aromatic heterocycles. The predicted octanol–water partition coefficient (Wildman–Crippen LogP) is -0.884. The van der Waals surface area contributed by atoms with Crippen LogP contribution in [0, 0.1) is 0 Å². The Morgan fingerprint density at radius 3 is 2.79 bits per heavy atom. The number of hydrogen-bond donors (Lipinski definition) is 3. The number of benzene rings is 1. The van der Waals surface area contributed by atoms with Crippen LogP contribution in [0.3, 0.4) is 0 Å². The van der Waals surface area contributed by atoms with Crippen molar-refractivity contribution in [3.05, 3.63) is 29.8 Å². The van der Waals surface area contributed by atoms with Crippen molar-refractivity contribution in [2.24, 2.45) is 0 Å². The van der Waals surface area contributed by atoms with E-state index in [9.17, 15) is 4.79 Å². The molecule has 74 valence electrons. The Kier molecular flexibility index (Phi) is 3.68. The molecule has 1 aromatic rings. The molecule has 0 fully saturated rings. The summed E-state index contributed by atoms with van der Waals surface area (Å²) < 4.78 is 0. The van der Waals surface area contributed by atoms with E-state index in [1.807, 2.05) is 6.92 Å². The number of hydrogen-bond acceptors (Lipinski definition) is 3. The maximum atomic E-state index is 11.3. The van der Waals surface area contributed by atoms with Crippen LogP contribution < -0.4 is 10.8 Å². The molecule has 3 N–H and O–H groups in total.